The number of nitrogens with zero attached hydrogens (tertiary/aromatic N) is 1. The number of rotatable bonds is 47. The van der Waals surface area contributed by atoms with Gasteiger partial charge >= 0.3 is 0 Å². The Hall–Kier alpha value is -1.65. The number of hydrogen-bond acceptors (Lipinski definition) is 9. The molecule has 0 saturated carbocycles. The summed E-state index contributed by atoms with van der Waals surface area (Å²) in [4.78, 5) is 34.2. The molecule has 0 aliphatic rings. The van der Waals surface area contributed by atoms with Crippen LogP contribution in [0.15, 0.2) is 12.3 Å². The van der Waals surface area contributed by atoms with Gasteiger partial charge in [-0.05, 0) is 91.0 Å². The van der Waals surface area contributed by atoms with Crippen LogP contribution >= 0.6 is 0 Å². The quantitative estimate of drug-likeness (QED) is 0.0402. The van der Waals surface area contributed by atoms with Crippen molar-refractivity contribution < 1.29 is 23.9 Å². The van der Waals surface area contributed by atoms with Gasteiger partial charge in [-0.25, -0.2) is 0 Å². The second kappa shape index (κ2) is 69.9. The van der Waals surface area contributed by atoms with Crippen LogP contribution < -0.4 is 16.8 Å². The third-order valence-corrected chi connectivity index (χ3v) is 11.9. The normalized spacial score (nSPS) is 11.5. The van der Waals surface area contributed by atoms with Crippen molar-refractivity contribution in [1.82, 2.24) is 10.2 Å². The van der Waals surface area contributed by atoms with Gasteiger partial charge in [-0.1, -0.05) is 209 Å². The summed E-state index contributed by atoms with van der Waals surface area (Å²) in [6, 6.07) is -0.457. The van der Waals surface area contributed by atoms with Crippen LogP contribution in [0.5, 0.6) is 0 Å². The van der Waals surface area contributed by atoms with Gasteiger partial charge in [0.25, 0.3) is 0 Å². The number of carbonyl (C=O) groups excluding carboxylic acids is 3. The molecular weight excluding hydrogens is 821 g/mol. The van der Waals surface area contributed by atoms with Crippen LogP contribution in [0.4, 0.5) is 0 Å². The molecule has 0 aromatic heterocycles. The Morgan fingerprint density at radius 1 is 0.500 bits per heavy atom. The molecule has 0 aromatic carbocycles. The molecule has 0 radical (unpaired) electrons. The van der Waals surface area contributed by atoms with Gasteiger partial charge < -0.3 is 45.5 Å². The first-order chi connectivity index (χ1) is 32.3. The molecule has 2 atom stereocenters. The summed E-state index contributed by atoms with van der Waals surface area (Å²) in [5, 5.41) is 3.14. The Balaban J connectivity index is -0.000000287. The lowest BCUT2D eigenvalue weighted by atomic mass is 10.0. The standard InChI is InChI=1S/C23H43N3O3.C18H38O.C12H26O.C3H8.CH5N/c1-22(24)23(21-29)25-15-14-18-26(16-10-6-2-4-8-12-19-27)17-11-7-3-5-9-13-20-28;1-4-6-8-10-12-14-16-18(19-3)17-15-13-11-9-7-5-2;1-4-6-7-8-9-10-11-12(5-2)13-3;1-3-2;1-2/h19-21,23,25H,1-18,24H2;18H,4-17H2,1-3H3;12H,4-11H2,1-3H3;3H2,1-2H3;2H2,1H3. The molecule has 0 aliphatic heterocycles. The fourth-order valence-corrected chi connectivity index (χ4v) is 7.67. The van der Waals surface area contributed by atoms with Gasteiger partial charge in [0.2, 0.25) is 0 Å². The highest BCUT2D eigenvalue weighted by molar-refractivity contribution is 5.62. The minimum Gasteiger partial charge on any atom is -0.401 e. The molecule has 0 rings (SSSR count). The first-order valence-corrected chi connectivity index (χ1v) is 28.1. The molecule has 0 heterocycles. The second-order valence-corrected chi connectivity index (χ2v) is 18.3. The summed E-state index contributed by atoms with van der Waals surface area (Å²) in [6.07, 6.45) is 48.9. The molecule has 5 N–H and O–H groups in total. The van der Waals surface area contributed by atoms with Crippen molar-refractivity contribution in [3.63, 3.8) is 0 Å². The predicted molar refractivity (Wildman–Crippen MR) is 292 cm³/mol. The Morgan fingerprint density at radius 2 is 0.818 bits per heavy atom. The van der Waals surface area contributed by atoms with Crippen LogP contribution in [0.1, 0.15) is 273 Å². The van der Waals surface area contributed by atoms with E-state index in [2.05, 4.69) is 64.1 Å². The minimum atomic E-state index is -0.457. The van der Waals surface area contributed by atoms with Crippen molar-refractivity contribution >= 4 is 18.9 Å². The van der Waals surface area contributed by atoms with E-state index in [0.717, 1.165) is 83.6 Å². The second-order valence-electron chi connectivity index (χ2n) is 18.3. The average molecular weight is 942 g/mol. The zero-order valence-electron chi connectivity index (χ0n) is 46.1. The minimum absolute atomic E-state index is 0.362. The van der Waals surface area contributed by atoms with Crippen molar-refractivity contribution in [1.29, 1.82) is 0 Å². The van der Waals surface area contributed by atoms with Crippen LogP contribution in [-0.4, -0.2) is 89.5 Å². The lowest BCUT2D eigenvalue weighted by Crippen LogP contribution is -2.37. The average Bonchev–Trinajstić information content (AvgIpc) is 3.33. The highest BCUT2D eigenvalue weighted by Gasteiger charge is 2.10. The van der Waals surface area contributed by atoms with Crippen LogP contribution in [0.2, 0.25) is 0 Å². The Kier molecular flexibility index (Phi) is 77.7. The molecule has 66 heavy (non-hydrogen) atoms. The third kappa shape index (κ3) is 66.6. The molecule has 0 aliphatic carbocycles. The summed E-state index contributed by atoms with van der Waals surface area (Å²) in [6.45, 7) is 20.8. The maximum Gasteiger partial charge on any atom is 0.142 e. The number of nitrogens with one attached hydrogen (secondary N) is 1. The van der Waals surface area contributed by atoms with Gasteiger partial charge in [0.1, 0.15) is 24.9 Å². The van der Waals surface area contributed by atoms with E-state index in [-0.39, 0.29) is 0 Å². The first-order valence-electron chi connectivity index (χ1n) is 28.1. The Labute approximate surface area is 413 Å². The van der Waals surface area contributed by atoms with Gasteiger partial charge in [0, 0.05) is 32.8 Å². The molecule has 0 spiro atoms. The number of ether oxygens (including phenoxy) is 2. The zero-order chi connectivity index (χ0) is 50.4. The molecule has 2 unspecified atom stereocenters. The maximum atomic E-state index is 11.0. The van der Waals surface area contributed by atoms with Crippen LogP contribution in [0, 0.1) is 0 Å². The van der Waals surface area contributed by atoms with Gasteiger partial charge in [-0.15, -0.1) is 0 Å². The number of nitrogens with two attached hydrogens (primary N) is 2. The van der Waals surface area contributed by atoms with E-state index in [9.17, 15) is 14.4 Å². The molecule has 0 amide bonds. The third-order valence-electron chi connectivity index (χ3n) is 11.9. The summed E-state index contributed by atoms with van der Waals surface area (Å²) < 4.78 is 10.9. The van der Waals surface area contributed by atoms with Crippen LogP contribution in [-0.2, 0) is 23.9 Å². The zero-order valence-corrected chi connectivity index (χ0v) is 46.1. The van der Waals surface area contributed by atoms with E-state index < -0.39 is 6.04 Å². The molecule has 0 aromatic rings. The van der Waals surface area contributed by atoms with Crippen LogP contribution in [0.25, 0.3) is 0 Å². The van der Waals surface area contributed by atoms with E-state index in [1.807, 2.05) is 14.2 Å². The monoisotopic (exact) mass is 941 g/mol. The van der Waals surface area contributed by atoms with E-state index in [1.54, 1.807) is 0 Å². The smallest absolute Gasteiger partial charge is 0.142 e. The van der Waals surface area contributed by atoms with E-state index in [0.29, 0.717) is 30.7 Å². The molecule has 9 heteroatoms. The van der Waals surface area contributed by atoms with Gasteiger partial charge in [0.15, 0.2) is 0 Å². The maximum absolute atomic E-state index is 11.0. The largest absolute Gasteiger partial charge is 0.401 e. The van der Waals surface area contributed by atoms with Crippen molar-refractivity contribution in [2.24, 2.45) is 11.5 Å². The predicted octanol–water partition coefficient (Wildman–Crippen LogP) is 15.0. The molecule has 0 saturated heterocycles. The van der Waals surface area contributed by atoms with Crippen molar-refractivity contribution in [2.45, 2.75) is 291 Å². The fraction of sp³-hybridized carbons (Fsp3) is 0.912. The summed E-state index contributed by atoms with van der Waals surface area (Å²) in [5.74, 6) is 0. The van der Waals surface area contributed by atoms with Crippen LogP contribution in [0.3, 0.4) is 0 Å². The highest BCUT2D eigenvalue weighted by atomic mass is 16.5. The lowest BCUT2D eigenvalue weighted by molar-refractivity contribution is -0.109. The Bertz CT molecular complexity index is 853. The molecule has 398 valence electrons. The lowest BCUT2D eigenvalue weighted by Gasteiger charge is -2.23. The molecular formula is C57H120N4O5. The highest BCUT2D eigenvalue weighted by Crippen LogP contribution is 2.16. The van der Waals surface area contributed by atoms with E-state index in [1.165, 1.54) is 187 Å². The van der Waals surface area contributed by atoms with Crippen molar-refractivity contribution in [3.05, 3.63) is 12.3 Å². The summed E-state index contributed by atoms with van der Waals surface area (Å²) >= 11 is 0. The number of hydrogen-bond donors (Lipinski definition) is 3. The molecule has 9 nitrogen and oxygen atoms in total. The number of carbonyl (C=O) groups is 3. The number of unbranched alkanes of at least 4 members (excludes halogenated alkanes) is 25. The van der Waals surface area contributed by atoms with Crippen molar-refractivity contribution in [3.8, 4) is 0 Å². The first kappa shape index (κ1) is 73.3. The van der Waals surface area contributed by atoms with Crippen molar-refractivity contribution in [2.75, 3.05) is 47.4 Å². The number of aldehydes is 3. The SMILES string of the molecule is C=C(N)C(C=O)NCCCN(CCCCCCCC=O)CCCCCCCC=O.CCC.CCCCCCCCC(CC)OC.CCCCCCCCC(CCCCCCCC)OC.CN. The van der Waals surface area contributed by atoms with Gasteiger partial charge in [0.05, 0.1) is 12.2 Å². The van der Waals surface area contributed by atoms with Gasteiger partial charge in [-0.3, -0.25) is 0 Å². The van der Waals surface area contributed by atoms with Gasteiger partial charge in [-0.2, -0.15) is 0 Å². The number of methoxy groups -OCH3 is 2. The topological polar surface area (TPSA) is 137 Å². The Morgan fingerprint density at radius 3 is 1.14 bits per heavy atom. The molecule has 0 fully saturated rings. The fourth-order valence-electron chi connectivity index (χ4n) is 7.67. The summed E-state index contributed by atoms with van der Waals surface area (Å²) in [5.41, 5.74) is 10.5. The van der Waals surface area contributed by atoms with E-state index in [4.69, 9.17) is 15.2 Å². The molecule has 0 bridgehead atoms. The van der Waals surface area contributed by atoms with E-state index >= 15 is 0 Å². The summed E-state index contributed by atoms with van der Waals surface area (Å²) in [7, 11) is 5.21.